The smallest absolute Gasteiger partial charge is 0.0728 e. The van der Waals surface area contributed by atoms with Crippen LogP contribution in [0.2, 0.25) is 0 Å². The van der Waals surface area contributed by atoms with Gasteiger partial charge in [-0.1, -0.05) is 13.8 Å². The molecule has 1 N–H and O–H groups in total. The Hall–Kier alpha value is -1.03. The van der Waals surface area contributed by atoms with Crippen molar-refractivity contribution in [3.63, 3.8) is 0 Å². The van der Waals surface area contributed by atoms with Gasteiger partial charge in [0.1, 0.15) is 0 Å². The zero-order chi connectivity index (χ0) is 13.0. The number of hydrogen-bond donors (Lipinski definition) is 1. The van der Waals surface area contributed by atoms with Gasteiger partial charge in [-0.3, -0.25) is 4.68 Å². The molecule has 0 aromatic carbocycles. The van der Waals surface area contributed by atoms with E-state index in [4.69, 9.17) is 4.74 Å². The molecule has 0 spiro atoms. The second-order valence-electron chi connectivity index (χ2n) is 5.63. The van der Waals surface area contributed by atoms with Crippen LogP contribution in [-0.2, 0) is 11.3 Å². The second kappa shape index (κ2) is 6.23. The SMILES string of the molecule is COCCn1cc(NC2CCC(C)CC2C)cn1. The molecule has 4 heteroatoms. The van der Waals surface area contributed by atoms with Crippen LogP contribution in [-0.4, -0.2) is 29.5 Å². The van der Waals surface area contributed by atoms with Crippen molar-refractivity contribution in [2.75, 3.05) is 19.0 Å². The van der Waals surface area contributed by atoms with E-state index >= 15 is 0 Å². The number of methoxy groups -OCH3 is 1. The van der Waals surface area contributed by atoms with Crippen LogP contribution in [0, 0.1) is 11.8 Å². The van der Waals surface area contributed by atoms with Crippen molar-refractivity contribution in [1.82, 2.24) is 9.78 Å². The molecular weight excluding hydrogens is 226 g/mol. The molecule has 102 valence electrons. The molecule has 0 bridgehead atoms. The Balaban J connectivity index is 1.87. The van der Waals surface area contributed by atoms with Gasteiger partial charge in [-0.2, -0.15) is 5.10 Å². The Morgan fingerprint density at radius 2 is 2.28 bits per heavy atom. The van der Waals surface area contributed by atoms with E-state index in [1.807, 2.05) is 10.9 Å². The Morgan fingerprint density at radius 1 is 1.44 bits per heavy atom. The lowest BCUT2D eigenvalue weighted by molar-refractivity contribution is 0.183. The first-order valence-corrected chi connectivity index (χ1v) is 6.97. The summed E-state index contributed by atoms with van der Waals surface area (Å²) in [5.41, 5.74) is 1.14. The second-order valence-corrected chi connectivity index (χ2v) is 5.63. The first-order valence-electron chi connectivity index (χ1n) is 6.97. The number of nitrogens with one attached hydrogen (secondary N) is 1. The Bertz CT molecular complexity index is 364. The van der Waals surface area contributed by atoms with E-state index in [0.29, 0.717) is 12.6 Å². The van der Waals surface area contributed by atoms with Crippen molar-refractivity contribution in [3.05, 3.63) is 12.4 Å². The predicted octanol–water partition coefficient (Wildman–Crippen LogP) is 2.77. The summed E-state index contributed by atoms with van der Waals surface area (Å²) in [5.74, 6) is 1.62. The summed E-state index contributed by atoms with van der Waals surface area (Å²) in [6.45, 7) is 6.23. The van der Waals surface area contributed by atoms with Crippen LogP contribution in [0.25, 0.3) is 0 Å². The molecular formula is C14H25N3O. The van der Waals surface area contributed by atoms with Gasteiger partial charge in [0.15, 0.2) is 0 Å². The molecule has 1 fully saturated rings. The van der Waals surface area contributed by atoms with Gasteiger partial charge >= 0.3 is 0 Å². The lowest BCUT2D eigenvalue weighted by Crippen LogP contribution is -2.32. The monoisotopic (exact) mass is 251 g/mol. The molecule has 18 heavy (non-hydrogen) atoms. The van der Waals surface area contributed by atoms with E-state index in [1.165, 1.54) is 19.3 Å². The fourth-order valence-corrected chi connectivity index (χ4v) is 2.84. The van der Waals surface area contributed by atoms with Gasteiger partial charge < -0.3 is 10.1 Å². The summed E-state index contributed by atoms with van der Waals surface area (Å²) in [6, 6.07) is 0.598. The average molecular weight is 251 g/mol. The molecule has 1 aliphatic rings. The van der Waals surface area contributed by atoms with Crippen LogP contribution in [0.15, 0.2) is 12.4 Å². The summed E-state index contributed by atoms with van der Waals surface area (Å²) >= 11 is 0. The number of aromatic nitrogens is 2. The summed E-state index contributed by atoms with van der Waals surface area (Å²) < 4.78 is 6.99. The van der Waals surface area contributed by atoms with Crippen molar-refractivity contribution in [2.24, 2.45) is 11.8 Å². The standard InChI is InChI=1S/C14H25N3O/c1-11-4-5-14(12(2)8-11)16-13-9-15-17(10-13)6-7-18-3/h9-12,14,16H,4-8H2,1-3H3. The fraction of sp³-hybridized carbons (Fsp3) is 0.786. The minimum Gasteiger partial charge on any atom is -0.383 e. The predicted molar refractivity (Wildman–Crippen MR) is 73.7 cm³/mol. The number of ether oxygens (including phenoxy) is 1. The van der Waals surface area contributed by atoms with Gasteiger partial charge in [-0.25, -0.2) is 0 Å². The highest BCUT2D eigenvalue weighted by Gasteiger charge is 2.25. The van der Waals surface area contributed by atoms with E-state index in [-0.39, 0.29) is 0 Å². The maximum atomic E-state index is 5.05. The Kier molecular flexibility index (Phi) is 4.64. The van der Waals surface area contributed by atoms with Crippen molar-refractivity contribution >= 4 is 5.69 Å². The summed E-state index contributed by atoms with van der Waals surface area (Å²) in [4.78, 5) is 0. The van der Waals surface area contributed by atoms with Crippen LogP contribution in [0.4, 0.5) is 5.69 Å². The van der Waals surface area contributed by atoms with E-state index in [0.717, 1.165) is 24.1 Å². The molecule has 3 unspecified atom stereocenters. The normalized spacial score (nSPS) is 28.3. The van der Waals surface area contributed by atoms with Crippen molar-refractivity contribution in [2.45, 2.75) is 45.7 Å². The first kappa shape index (κ1) is 13.4. The molecule has 1 aromatic rings. The van der Waals surface area contributed by atoms with Crippen LogP contribution >= 0.6 is 0 Å². The van der Waals surface area contributed by atoms with Crippen molar-refractivity contribution in [1.29, 1.82) is 0 Å². The van der Waals surface area contributed by atoms with Gasteiger partial charge in [0, 0.05) is 19.3 Å². The highest BCUT2D eigenvalue weighted by atomic mass is 16.5. The van der Waals surface area contributed by atoms with E-state index in [1.54, 1.807) is 7.11 Å². The molecule has 4 nitrogen and oxygen atoms in total. The zero-order valence-electron chi connectivity index (χ0n) is 11.7. The highest BCUT2D eigenvalue weighted by molar-refractivity contribution is 5.39. The molecule has 3 atom stereocenters. The lowest BCUT2D eigenvalue weighted by atomic mass is 9.80. The van der Waals surface area contributed by atoms with E-state index in [2.05, 4.69) is 30.5 Å². The Labute approximate surface area is 110 Å². The van der Waals surface area contributed by atoms with Crippen LogP contribution in [0.3, 0.4) is 0 Å². The topological polar surface area (TPSA) is 39.1 Å². The molecule has 0 aliphatic heterocycles. The summed E-state index contributed by atoms with van der Waals surface area (Å²) in [5, 5.41) is 7.96. The van der Waals surface area contributed by atoms with E-state index in [9.17, 15) is 0 Å². The third kappa shape index (κ3) is 3.48. The van der Waals surface area contributed by atoms with Crippen LogP contribution in [0.1, 0.15) is 33.1 Å². The first-order chi connectivity index (χ1) is 8.69. The fourth-order valence-electron chi connectivity index (χ4n) is 2.84. The molecule has 1 heterocycles. The average Bonchev–Trinajstić information content (AvgIpc) is 2.78. The Morgan fingerprint density at radius 3 is 3.00 bits per heavy atom. The minimum absolute atomic E-state index is 0.598. The minimum atomic E-state index is 0.598. The number of anilines is 1. The summed E-state index contributed by atoms with van der Waals surface area (Å²) in [6.07, 6.45) is 7.92. The van der Waals surface area contributed by atoms with E-state index < -0.39 is 0 Å². The van der Waals surface area contributed by atoms with Crippen LogP contribution < -0.4 is 5.32 Å². The van der Waals surface area contributed by atoms with Gasteiger partial charge in [-0.05, 0) is 31.1 Å². The van der Waals surface area contributed by atoms with Gasteiger partial charge in [-0.15, -0.1) is 0 Å². The number of hydrogen-bond acceptors (Lipinski definition) is 3. The van der Waals surface area contributed by atoms with Gasteiger partial charge in [0.25, 0.3) is 0 Å². The zero-order valence-corrected chi connectivity index (χ0v) is 11.7. The third-order valence-corrected chi connectivity index (χ3v) is 3.94. The van der Waals surface area contributed by atoms with Crippen molar-refractivity contribution < 1.29 is 4.74 Å². The largest absolute Gasteiger partial charge is 0.383 e. The maximum Gasteiger partial charge on any atom is 0.0728 e. The third-order valence-electron chi connectivity index (χ3n) is 3.94. The highest BCUT2D eigenvalue weighted by Crippen LogP contribution is 2.30. The van der Waals surface area contributed by atoms with Crippen LogP contribution in [0.5, 0.6) is 0 Å². The molecule has 2 rings (SSSR count). The number of nitrogens with zero attached hydrogens (tertiary/aromatic N) is 2. The maximum absolute atomic E-state index is 5.05. The molecule has 1 saturated carbocycles. The lowest BCUT2D eigenvalue weighted by Gasteiger charge is -2.33. The van der Waals surface area contributed by atoms with Crippen molar-refractivity contribution in [3.8, 4) is 0 Å². The summed E-state index contributed by atoms with van der Waals surface area (Å²) in [7, 11) is 1.72. The van der Waals surface area contributed by atoms with Gasteiger partial charge in [0.2, 0.25) is 0 Å². The molecule has 1 aliphatic carbocycles. The quantitative estimate of drug-likeness (QED) is 0.874. The number of rotatable bonds is 5. The van der Waals surface area contributed by atoms with Gasteiger partial charge in [0.05, 0.1) is 25.0 Å². The molecule has 0 radical (unpaired) electrons. The molecule has 0 amide bonds. The molecule has 1 aromatic heterocycles. The molecule has 0 saturated heterocycles.